The van der Waals surface area contributed by atoms with E-state index in [4.69, 9.17) is 4.74 Å². The van der Waals surface area contributed by atoms with Crippen LogP contribution in [0.1, 0.15) is 18.1 Å². The molecule has 0 radical (unpaired) electrons. The first-order valence-corrected chi connectivity index (χ1v) is 10.5. The number of rotatable bonds is 6. The molecule has 0 aliphatic carbocycles. The van der Waals surface area contributed by atoms with Crippen LogP contribution in [0.2, 0.25) is 0 Å². The van der Waals surface area contributed by atoms with Crippen LogP contribution in [0, 0.1) is 18.7 Å². The third kappa shape index (κ3) is 4.40. The molecule has 0 spiro atoms. The summed E-state index contributed by atoms with van der Waals surface area (Å²) in [5.41, 5.74) is 4.35. The fraction of sp³-hybridized carbons (Fsp3) is 0.375. The predicted octanol–water partition coefficient (Wildman–Crippen LogP) is 3.87. The van der Waals surface area contributed by atoms with Gasteiger partial charge >= 0.3 is 0 Å². The van der Waals surface area contributed by atoms with Gasteiger partial charge in [-0.1, -0.05) is 25.1 Å². The van der Waals surface area contributed by atoms with E-state index < -0.39 is 0 Å². The number of hydrogen-bond acceptors (Lipinski definition) is 3. The van der Waals surface area contributed by atoms with Crippen molar-refractivity contribution in [3.8, 4) is 11.3 Å². The van der Waals surface area contributed by atoms with E-state index >= 15 is 0 Å². The molecule has 4 rings (SSSR count). The Bertz CT molecular complexity index is 1040. The van der Waals surface area contributed by atoms with Gasteiger partial charge in [-0.15, -0.1) is 0 Å². The predicted molar refractivity (Wildman–Crippen MR) is 117 cm³/mol. The molecule has 1 fully saturated rings. The molecule has 1 aliphatic rings. The van der Waals surface area contributed by atoms with Crippen molar-refractivity contribution in [3.63, 3.8) is 0 Å². The highest BCUT2D eigenvalue weighted by molar-refractivity contribution is 5.91. The largest absolute Gasteiger partial charge is 0.379 e. The second-order valence-electron chi connectivity index (χ2n) is 8.02. The monoisotopic (exact) mass is 409 g/mol. The summed E-state index contributed by atoms with van der Waals surface area (Å²) in [5.74, 6) is -0.262. The second kappa shape index (κ2) is 8.98. The van der Waals surface area contributed by atoms with Crippen molar-refractivity contribution < 1.29 is 13.9 Å². The Morgan fingerprint density at radius 3 is 2.77 bits per heavy atom. The van der Waals surface area contributed by atoms with Crippen LogP contribution in [0.25, 0.3) is 22.2 Å². The van der Waals surface area contributed by atoms with E-state index in [1.54, 1.807) is 12.1 Å². The molecule has 3 aromatic rings. The average Bonchev–Trinajstić information content (AvgIpc) is 3.09. The number of aromatic amines is 1. The Morgan fingerprint density at radius 2 is 2.00 bits per heavy atom. The highest BCUT2D eigenvalue weighted by Crippen LogP contribution is 2.31. The normalized spacial score (nSPS) is 16.0. The van der Waals surface area contributed by atoms with Crippen LogP contribution in [-0.4, -0.2) is 48.6 Å². The first-order chi connectivity index (χ1) is 14.5. The van der Waals surface area contributed by atoms with Crippen LogP contribution in [0.5, 0.6) is 0 Å². The highest BCUT2D eigenvalue weighted by atomic mass is 19.1. The van der Waals surface area contributed by atoms with Crippen LogP contribution in [0.15, 0.2) is 42.5 Å². The van der Waals surface area contributed by atoms with Crippen LogP contribution < -0.4 is 5.32 Å². The molecule has 1 amide bonds. The summed E-state index contributed by atoms with van der Waals surface area (Å²) >= 11 is 0. The molecule has 1 aromatic heterocycles. The summed E-state index contributed by atoms with van der Waals surface area (Å²) in [5, 5.41) is 4.10. The summed E-state index contributed by atoms with van der Waals surface area (Å²) in [7, 11) is 0. The van der Waals surface area contributed by atoms with Crippen molar-refractivity contribution >= 4 is 16.8 Å². The number of nitrogens with one attached hydrogen (secondary N) is 2. The lowest BCUT2D eigenvalue weighted by Crippen LogP contribution is -2.42. The number of amides is 1. The van der Waals surface area contributed by atoms with Crippen LogP contribution in [0.3, 0.4) is 0 Å². The number of halogens is 1. The maximum Gasteiger partial charge on any atom is 0.224 e. The Balaban J connectivity index is 1.44. The molecule has 2 aromatic carbocycles. The molecule has 0 bridgehead atoms. The summed E-state index contributed by atoms with van der Waals surface area (Å²) in [6, 6.07) is 12.8. The minimum absolute atomic E-state index is 0.0550. The van der Waals surface area contributed by atoms with Gasteiger partial charge in [-0.25, -0.2) is 4.39 Å². The van der Waals surface area contributed by atoms with Gasteiger partial charge in [0.1, 0.15) is 5.82 Å². The Hall–Kier alpha value is -2.70. The number of carbonyl (C=O) groups excluding carboxylic acids is 1. The Kier molecular flexibility index (Phi) is 6.16. The average molecular weight is 410 g/mol. The lowest BCUT2D eigenvalue weighted by Gasteiger charge is -2.28. The molecule has 5 nitrogen and oxygen atoms in total. The Labute approximate surface area is 176 Å². The van der Waals surface area contributed by atoms with Gasteiger partial charge in [0.25, 0.3) is 0 Å². The van der Waals surface area contributed by atoms with Gasteiger partial charge in [0, 0.05) is 48.6 Å². The van der Waals surface area contributed by atoms with Crippen molar-refractivity contribution in [2.45, 2.75) is 20.4 Å². The molecular weight excluding hydrogens is 381 g/mol. The molecule has 158 valence electrons. The van der Waals surface area contributed by atoms with Gasteiger partial charge < -0.3 is 15.0 Å². The van der Waals surface area contributed by atoms with Crippen molar-refractivity contribution in [3.05, 3.63) is 59.4 Å². The third-order valence-corrected chi connectivity index (χ3v) is 5.82. The van der Waals surface area contributed by atoms with Crippen molar-refractivity contribution in [1.29, 1.82) is 0 Å². The van der Waals surface area contributed by atoms with Crippen molar-refractivity contribution in [2.75, 3.05) is 32.8 Å². The zero-order valence-corrected chi connectivity index (χ0v) is 17.5. The zero-order valence-electron chi connectivity index (χ0n) is 17.5. The van der Waals surface area contributed by atoms with E-state index in [0.717, 1.165) is 60.6 Å². The Morgan fingerprint density at radius 1 is 1.23 bits per heavy atom. The lowest BCUT2D eigenvalue weighted by molar-refractivity contribution is -0.125. The number of ether oxygens (including phenoxy) is 1. The standard InChI is InChI=1S/C24H28FN3O2/c1-16(15-28-9-11-30-12-10-28)24(29)26-14-18-7-8-22-20(13-18)17(2)23(27-22)19-5-3-4-6-21(19)25/h3-8,13,16,27H,9-12,14-15H2,1-2H3,(H,26,29)/t16-/m0/s1. The van der Waals surface area contributed by atoms with Crippen LogP contribution in [0.4, 0.5) is 4.39 Å². The molecule has 2 N–H and O–H groups in total. The number of aryl methyl sites for hydroxylation is 1. The number of carbonyl (C=O) groups is 1. The molecule has 6 heteroatoms. The van der Waals surface area contributed by atoms with Gasteiger partial charge in [-0.05, 0) is 42.3 Å². The van der Waals surface area contributed by atoms with Crippen molar-refractivity contribution in [2.24, 2.45) is 5.92 Å². The quantitative estimate of drug-likeness (QED) is 0.650. The molecule has 1 saturated heterocycles. The summed E-state index contributed by atoms with van der Waals surface area (Å²) in [4.78, 5) is 18.1. The molecule has 1 atom stereocenters. The molecule has 0 unspecified atom stereocenters. The minimum atomic E-state index is -0.242. The second-order valence-corrected chi connectivity index (χ2v) is 8.02. The number of H-pyrrole nitrogens is 1. The fourth-order valence-corrected chi connectivity index (χ4v) is 4.03. The number of benzene rings is 2. The van der Waals surface area contributed by atoms with Gasteiger partial charge in [-0.3, -0.25) is 9.69 Å². The number of hydrogen-bond donors (Lipinski definition) is 2. The van der Waals surface area contributed by atoms with E-state index in [0.29, 0.717) is 12.1 Å². The van der Waals surface area contributed by atoms with E-state index in [-0.39, 0.29) is 17.6 Å². The van der Waals surface area contributed by atoms with E-state index in [2.05, 4.69) is 21.3 Å². The van der Waals surface area contributed by atoms with Gasteiger partial charge in [0.15, 0.2) is 0 Å². The zero-order chi connectivity index (χ0) is 21.1. The van der Waals surface area contributed by atoms with Gasteiger partial charge in [0.05, 0.1) is 18.9 Å². The maximum atomic E-state index is 14.2. The highest BCUT2D eigenvalue weighted by Gasteiger charge is 2.19. The van der Waals surface area contributed by atoms with E-state index in [9.17, 15) is 9.18 Å². The molecule has 2 heterocycles. The molecule has 0 saturated carbocycles. The van der Waals surface area contributed by atoms with E-state index in [1.807, 2.05) is 32.0 Å². The summed E-state index contributed by atoms with van der Waals surface area (Å²) in [6.45, 7) is 8.41. The smallest absolute Gasteiger partial charge is 0.224 e. The molecule has 1 aliphatic heterocycles. The van der Waals surface area contributed by atoms with Crippen LogP contribution in [-0.2, 0) is 16.1 Å². The summed E-state index contributed by atoms with van der Waals surface area (Å²) in [6.07, 6.45) is 0. The molecule has 30 heavy (non-hydrogen) atoms. The van der Waals surface area contributed by atoms with Crippen molar-refractivity contribution in [1.82, 2.24) is 15.2 Å². The van der Waals surface area contributed by atoms with Gasteiger partial charge in [0.2, 0.25) is 5.91 Å². The number of morpholine rings is 1. The minimum Gasteiger partial charge on any atom is -0.379 e. The summed E-state index contributed by atoms with van der Waals surface area (Å²) < 4.78 is 19.6. The van der Waals surface area contributed by atoms with Gasteiger partial charge in [-0.2, -0.15) is 0 Å². The SMILES string of the molecule is Cc1c(-c2ccccc2F)[nH]c2ccc(CNC(=O)[C@@H](C)CN3CCOCC3)cc12. The lowest BCUT2D eigenvalue weighted by atomic mass is 10.0. The number of aromatic nitrogens is 1. The first kappa shape index (κ1) is 20.6. The maximum absolute atomic E-state index is 14.2. The first-order valence-electron chi connectivity index (χ1n) is 10.5. The topological polar surface area (TPSA) is 57.4 Å². The fourth-order valence-electron chi connectivity index (χ4n) is 4.03. The number of fused-ring (bicyclic) bond motifs is 1. The third-order valence-electron chi connectivity index (χ3n) is 5.82. The van der Waals surface area contributed by atoms with E-state index in [1.165, 1.54) is 6.07 Å². The molecular formula is C24H28FN3O2. The number of nitrogens with zero attached hydrogens (tertiary/aromatic N) is 1. The van der Waals surface area contributed by atoms with Crippen LogP contribution >= 0.6 is 0 Å².